The Hall–Kier alpha value is -1.53. The van der Waals surface area contributed by atoms with Crippen LogP contribution in [0, 0.1) is 6.92 Å². The van der Waals surface area contributed by atoms with Crippen molar-refractivity contribution in [1.29, 1.82) is 0 Å². The van der Waals surface area contributed by atoms with Crippen LogP contribution in [0.1, 0.15) is 10.6 Å². The summed E-state index contributed by atoms with van der Waals surface area (Å²) in [4.78, 5) is 9.26. The van der Waals surface area contributed by atoms with Gasteiger partial charge in [0, 0.05) is 14.5 Å². The molecule has 0 amide bonds. The van der Waals surface area contributed by atoms with Crippen molar-refractivity contribution in [3.63, 3.8) is 0 Å². The number of benzene rings is 1. The Morgan fingerprint density at radius 3 is 2.55 bits per heavy atom. The highest BCUT2D eigenvalue weighted by Crippen LogP contribution is 2.41. The van der Waals surface area contributed by atoms with E-state index in [2.05, 4.69) is 47.4 Å². The molecule has 5 heteroatoms. The van der Waals surface area contributed by atoms with Crippen molar-refractivity contribution >= 4 is 44.1 Å². The monoisotopic (exact) mass is 343 g/mol. The summed E-state index contributed by atoms with van der Waals surface area (Å²) in [7, 11) is 0. The van der Waals surface area contributed by atoms with E-state index in [4.69, 9.17) is 0 Å². The number of hydrogen-bond acceptors (Lipinski definition) is 5. The third-order valence-corrected chi connectivity index (χ3v) is 7.23. The summed E-state index contributed by atoms with van der Waals surface area (Å²) in [6, 6.07) is 15.0. The Morgan fingerprint density at radius 2 is 1.77 bits per heavy atom. The Bertz CT molecular complexity index is 915. The van der Waals surface area contributed by atoms with E-state index in [0.29, 0.717) is 0 Å². The van der Waals surface area contributed by atoms with Gasteiger partial charge >= 0.3 is 0 Å². The molecule has 4 aromatic rings. The van der Waals surface area contributed by atoms with E-state index in [0.717, 1.165) is 15.6 Å². The standard InChI is InChI=1S/C17H13NOS3/c1-10-16(9-19)22-17(18-10)14-7-6-13(21-14)15-8-11-4-2-3-5-12(11)20-15/h2-8,19H,9H2,1H3. The number of thiazole rings is 1. The molecule has 110 valence electrons. The number of aliphatic hydroxyl groups is 1. The average molecular weight is 343 g/mol. The molecule has 2 nitrogen and oxygen atoms in total. The molecule has 0 spiro atoms. The second-order valence-electron chi connectivity index (χ2n) is 5.00. The summed E-state index contributed by atoms with van der Waals surface area (Å²) in [5.74, 6) is 0. The van der Waals surface area contributed by atoms with Gasteiger partial charge in [0.05, 0.1) is 22.1 Å². The molecule has 0 unspecified atom stereocenters. The predicted molar refractivity (Wildman–Crippen MR) is 96.9 cm³/mol. The van der Waals surface area contributed by atoms with Crippen LogP contribution in [-0.4, -0.2) is 10.1 Å². The zero-order chi connectivity index (χ0) is 15.1. The summed E-state index contributed by atoms with van der Waals surface area (Å²) in [5, 5.41) is 11.6. The third-order valence-electron chi connectivity index (χ3n) is 3.52. The maximum absolute atomic E-state index is 9.32. The highest BCUT2D eigenvalue weighted by atomic mass is 32.1. The van der Waals surface area contributed by atoms with Crippen LogP contribution in [0.25, 0.3) is 29.7 Å². The van der Waals surface area contributed by atoms with Crippen LogP contribution in [-0.2, 0) is 6.61 Å². The van der Waals surface area contributed by atoms with Crippen LogP contribution < -0.4 is 0 Å². The zero-order valence-corrected chi connectivity index (χ0v) is 14.3. The second-order valence-corrected chi connectivity index (χ2v) is 8.25. The van der Waals surface area contributed by atoms with Gasteiger partial charge in [-0.3, -0.25) is 0 Å². The number of thiophene rings is 2. The van der Waals surface area contributed by atoms with Gasteiger partial charge < -0.3 is 5.11 Å². The van der Waals surface area contributed by atoms with Crippen LogP contribution in [0.5, 0.6) is 0 Å². The highest BCUT2D eigenvalue weighted by molar-refractivity contribution is 7.28. The number of aromatic nitrogens is 1. The van der Waals surface area contributed by atoms with E-state index in [1.807, 2.05) is 18.3 Å². The molecular weight excluding hydrogens is 330 g/mol. The molecule has 0 fully saturated rings. The largest absolute Gasteiger partial charge is 0.391 e. The number of aliphatic hydroxyl groups excluding tert-OH is 1. The molecule has 22 heavy (non-hydrogen) atoms. The summed E-state index contributed by atoms with van der Waals surface area (Å²) in [6.07, 6.45) is 0. The van der Waals surface area contributed by atoms with Crippen molar-refractivity contribution in [2.75, 3.05) is 0 Å². The van der Waals surface area contributed by atoms with Crippen molar-refractivity contribution < 1.29 is 5.11 Å². The summed E-state index contributed by atoms with van der Waals surface area (Å²) < 4.78 is 1.32. The number of nitrogens with zero attached hydrogens (tertiary/aromatic N) is 1. The maximum atomic E-state index is 9.32. The fourth-order valence-corrected chi connectivity index (χ4v) is 5.50. The van der Waals surface area contributed by atoms with Crippen molar-refractivity contribution in [2.24, 2.45) is 0 Å². The van der Waals surface area contributed by atoms with Gasteiger partial charge in [0.2, 0.25) is 0 Å². The number of fused-ring (bicyclic) bond motifs is 1. The Morgan fingerprint density at radius 1 is 0.955 bits per heavy atom. The molecule has 0 aliphatic carbocycles. The number of hydrogen-bond donors (Lipinski definition) is 1. The number of rotatable bonds is 3. The normalized spacial score (nSPS) is 11.4. The molecule has 3 aromatic heterocycles. The van der Waals surface area contributed by atoms with Gasteiger partial charge in [0.1, 0.15) is 5.01 Å². The van der Waals surface area contributed by atoms with E-state index in [-0.39, 0.29) is 6.61 Å². The van der Waals surface area contributed by atoms with Gasteiger partial charge in [0.25, 0.3) is 0 Å². The SMILES string of the molecule is Cc1nc(-c2ccc(-c3cc4ccccc4s3)s2)sc1CO. The molecule has 1 aromatic carbocycles. The smallest absolute Gasteiger partial charge is 0.133 e. The van der Waals surface area contributed by atoms with E-state index >= 15 is 0 Å². The lowest BCUT2D eigenvalue weighted by Crippen LogP contribution is -1.80. The minimum absolute atomic E-state index is 0.0675. The van der Waals surface area contributed by atoms with Crippen molar-refractivity contribution in [2.45, 2.75) is 13.5 Å². The maximum Gasteiger partial charge on any atom is 0.133 e. The Balaban J connectivity index is 1.73. The molecule has 0 aliphatic rings. The van der Waals surface area contributed by atoms with E-state index in [9.17, 15) is 5.11 Å². The molecule has 0 radical (unpaired) electrons. The molecule has 0 saturated carbocycles. The van der Waals surface area contributed by atoms with E-state index in [1.54, 1.807) is 22.7 Å². The Kier molecular flexibility index (Phi) is 3.58. The molecule has 1 N–H and O–H groups in total. The van der Waals surface area contributed by atoms with Crippen molar-refractivity contribution in [3.8, 4) is 19.6 Å². The minimum atomic E-state index is 0.0675. The van der Waals surface area contributed by atoms with Gasteiger partial charge in [-0.15, -0.1) is 34.0 Å². The lowest BCUT2D eigenvalue weighted by molar-refractivity contribution is 0.284. The first-order valence-electron chi connectivity index (χ1n) is 6.91. The molecule has 0 aliphatic heterocycles. The number of aryl methyl sites for hydroxylation is 1. The van der Waals surface area contributed by atoms with Gasteiger partial charge in [-0.25, -0.2) is 4.98 Å². The lowest BCUT2D eigenvalue weighted by atomic mass is 10.2. The van der Waals surface area contributed by atoms with Crippen LogP contribution >= 0.6 is 34.0 Å². The highest BCUT2D eigenvalue weighted by Gasteiger charge is 2.12. The van der Waals surface area contributed by atoms with Crippen LogP contribution in [0.2, 0.25) is 0 Å². The zero-order valence-electron chi connectivity index (χ0n) is 11.9. The van der Waals surface area contributed by atoms with Gasteiger partial charge in [-0.1, -0.05) is 18.2 Å². The first-order chi connectivity index (χ1) is 10.7. The molecule has 3 heterocycles. The third kappa shape index (κ3) is 2.40. The molecule has 0 saturated heterocycles. The average Bonchev–Trinajstić information content (AvgIpc) is 3.23. The fraction of sp³-hybridized carbons (Fsp3) is 0.118. The van der Waals surface area contributed by atoms with Crippen molar-refractivity contribution in [3.05, 3.63) is 53.0 Å². The van der Waals surface area contributed by atoms with Crippen LogP contribution in [0.3, 0.4) is 0 Å². The topological polar surface area (TPSA) is 33.1 Å². The van der Waals surface area contributed by atoms with Crippen LogP contribution in [0.4, 0.5) is 0 Å². The quantitative estimate of drug-likeness (QED) is 0.529. The first kappa shape index (κ1) is 14.1. The summed E-state index contributed by atoms with van der Waals surface area (Å²) in [6.45, 7) is 2.02. The second kappa shape index (κ2) is 5.59. The summed E-state index contributed by atoms with van der Waals surface area (Å²) in [5.41, 5.74) is 0.930. The molecular formula is C17H13NOS3. The van der Waals surface area contributed by atoms with Gasteiger partial charge in [0.15, 0.2) is 0 Å². The predicted octanol–water partition coefficient (Wildman–Crippen LogP) is 5.55. The Labute approximate surface area is 140 Å². The van der Waals surface area contributed by atoms with E-state index in [1.165, 1.54) is 24.7 Å². The first-order valence-corrected chi connectivity index (χ1v) is 9.36. The van der Waals surface area contributed by atoms with E-state index < -0.39 is 0 Å². The van der Waals surface area contributed by atoms with Gasteiger partial charge in [-0.05, 0) is 36.6 Å². The molecule has 0 bridgehead atoms. The molecule has 4 rings (SSSR count). The minimum Gasteiger partial charge on any atom is -0.391 e. The fourth-order valence-electron chi connectivity index (χ4n) is 2.37. The van der Waals surface area contributed by atoms with Gasteiger partial charge in [-0.2, -0.15) is 0 Å². The molecule has 0 atom stereocenters. The van der Waals surface area contributed by atoms with Crippen LogP contribution in [0.15, 0.2) is 42.5 Å². The summed E-state index contributed by atoms with van der Waals surface area (Å²) >= 11 is 5.17. The van der Waals surface area contributed by atoms with Crippen molar-refractivity contribution in [1.82, 2.24) is 4.98 Å². The lowest BCUT2D eigenvalue weighted by Gasteiger charge is -1.89.